The number of rotatable bonds is 20. The first-order valence-electron chi connectivity index (χ1n) is 29.9. The Kier molecular flexibility index (Phi) is 22.2. The molecule has 0 radical (unpaired) electrons. The minimum absolute atomic E-state index is 0.0143. The number of methoxy groups -OCH3 is 2. The maximum atomic E-state index is 15.6. The lowest BCUT2D eigenvalue weighted by molar-refractivity contribution is -0.318. The van der Waals surface area contributed by atoms with Gasteiger partial charge in [0.15, 0.2) is 42.0 Å². The Morgan fingerprint density at radius 2 is 1.65 bits per heavy atom. The Hall–Kier alpha value is -5.29. The fourth-order valence-electron chi connectivity index (χ4n) is 13.1. The SMILES string of the molecule is CC[C@H]1OC(=O)[C@H](C)[C@@H](O[C@H]2C[C@@](C)(OC)[C@@H](OC(=O)CNC(=O)CCOCCNc3c(F)cc4c(c3OC)c(=O)c(C(=O)O)cn4C3CC3)[C@H](C)O2)[C@H](C)[C@H](O[C@@H]2O[C@H](C)C[C@H](N(C)C)[C@H]2O)[C@](C)(O)C[C@@H](C)CN(C)[C@H](C)[C@H]2OC(=O)O[C@@]21C. The molecule has 1 aromatic carbocycles. The number of fused-ring (bicyclic) bond motifs is 2. The number of aliphatic hydroxyl groups excluding tert-OH is 1. The highest BCUT2D eigenvalue weighted by Crippen LogP contribution is 2.44. The number of nitrogens with zero attached hydrogens (tertiary/aromatic N) is 3. The number of carbonyl (C=O) groups is 5. The van der Waals surface area contributed by atoms with Crippen LogP contribution in [0.2, 0.25) is 0 Å². The Morgan fingerprint density at radius 1 is 0.953 bits per heavy atom. The van der Waals surface area contributed by atoms with Gasteiger partial charge in [0, 0.05) is 69.3 Å². The number of aliphatic hydroxyl groups is 2. The number of aromatic nitrogens is 1. The number of pyridine rings is 1. The lowest BCUT2D eigenvalue weighted by atomic mass is 9.77. The number of amides is 1. The van der Waals surface area contributed by atoms with Gasteiger partial charge in [0.2, 0.25) is 11.3 Å². The number of nitrogens with one attached hydrogen (secondary N) is 2. The van der Waals surface area contributed by atoms with E-state index in [0.29, 0.717) is 13.0 Å². The highest BCUT2D eigenvalue weighted by Gasteiger charge is 2.59. The van der Waals surface area contributed by atoms with E-state index in [0.717, 1.165) is 12.8 Å². The van der Waals surface area contributed by atoms with E-state index in [1.54, 1.807) is 46.1 Å². The number of ether oxygens (including phenoxy) is 11. The summed E-state index contributed by atoms with van der Waals surface area (Å²) in [6.07, 6.45) is -7.37. The number of benzene rings is 1. The van der Waals surface area contributed by atoms with E-state index in [4.69, 9.17) is 52.1 Å². The van der Waals surface area contributed by atoms with Gasteiger partial charge in [0.25, 0.3) is 0 Å². The van der Waals surface area contributed by atoms with Gasteiger partial charge >= 0.3 is 24.1 Å². The number of hydrogen-bond donors (Lipinski definition) is 5. The van der Waals surface area contributed by atoms with Crippen molar-refractivity contribution < 1.29 is 95.8 Å². The highest BCUT2D eigenvalue weighted by molar-refractivity contribution is 5.97. The molecule has 0 bridgehead atoms. The molecule has 4 saturated heterocycles. The third-order valence-electron chi connectivity index (χ3n) is 17.9. The minimum atomic E-state index is -1.67. The normalized spacial score (nSPS) is 35.8. The van der Waals surface area contributed by atoms with Crippen molar-refractivity contribution in [2.75, 3.05) is 73.5 Å². The molecule has 0 spiro atoms. The summed E-state index contributed by atoms with van der Waals surface area (Å²) in [5.41, 5.74) is -5.56. The van der Waals surface area contributed by atoms with Crippen LogP contribution >= 0.6 is 0 Å². The molecule has 1 amide bonds. The summed E-state index contributed by atoms with van der Waals surface area (Å²) in [5.74, 6) is -6.57. The molecular weight excluding hydrogens is 1130 g/mol. The molecule has 5 heterocycles. The van der Waals surface area contributed by atoms with E-state index in [2.05, 4.69) is 10.6 Å². The summed E-state index contributed by atoms with van der Waals surface area (Å²) >= 11 is 0. The van der Waals surface area contributed by atoms with Gasteiger partial charge < -0.3 is 87.5 Å². The van der Waals surface area contributed by atoms with Crippen molar-refractivity contribution >= 4 is 46.6 Å². The topological polar surface area (TPSA) is 300 Å². The zero-order chi connectivity index (χ0) is 63.5. The zero-order valence-corrected chi connectivity index (χ0v) is 52.4. The largest absolute Gasteiger partial charge is 0.509 e. The number of hydrogen-bond acceptors (Lipinski definition) is 22. The number of carboxylic acids is 1. The van der Waals surface area contributed by atoms with Crippen LogP contribution in [0.5, 0.6) is 5.75 Å². The molecule has 7 rings (SSSR count). The van der Waals surface area contributed by atoms with Crippen LogP contribution in [0.15, 0.2) is 17.1 Å². The first-order chi connectivity index (χ1) is 40.4. The van der Waals surface area contributed by atoms with Gasteiger partial charge in [-0.2, -0.15) is 0 Å². The second-order valence-corrected chi connectivity index (χ2v) is 25.1. The van der Waals surface area contributed by atoms with E-state index in [1.807, 2.05) is 58.6 Å². The van der Waals surface area contributed by atoms with Gasteiger partial charge in [-0.15, -0.1) is 0 Å². The molecule has 5 N–H and O–H groups in total. The lowest BCUT2D eigenvalue weighted by Crippen LogP contribution is -2.61. The molecular formula is C60H92FN5O20. The monoisotopic (exact) mass is 1220 g/mol. The fourth-order valence-corrected chi connectivity index (χ4v) is 13.1. The van der Waals surface area contributed by atoms with Crippen LogP contribution in [-0.2, 0) is 61.8 Å². The van der Waals surface area contributed by atoms with Crippen molar-refractivity contribution in [3.63, 3.8) is 0 Å². The van der Waals surface area contributed by atoms with Crippen LogP contribution in [-0.4, -0.2) is 218 Å². The molecule has 86 heavy (non-hydrogen) atoms. The summed E-state index contributed by atoms with van der Waals surface area (Å²) in [7, 11) is 8.29. The summed E-state index contributed by atoms with van der Waals surface area (Å²) < 4.78 is 84.9. The number of likely N-dealkylation sites (N-methyl/N-ethyl adjacent to an activating group) is 2. The average Bonchev–Trinajstić information content (AvgIpc) is 1.29. The molecule has 2 aromatic rings. The predicted molar refractivity (Wildman–Crippen MR) is 308 cm³/mol. The Labute approximate surface area is 502 Å². The van der Waals surface area contributed by atoms with Crippen LogP contribution in [0.4, 0.5) is 14.9 Å². The van der Waals surface area contributed by atoms with Crippen molar-refractivity contribution in [1.82, 2.24) is 19.7 Å². The predicted octanol–water partition coefficient (Wildman–Crippen LogP) is 4.76. The maximum Gasteiger partial charge on any atom is 0.509 e. The molecule has 1 aliphatic carbocycles. The van der Waals surface area contributed by atoms with E-state index in [9.17, 15) is 44.1 Å². The molecule has 5 fully saturated rings. The summed E-state index contributed by atoms with van der Waals surface area (Å²) in [5, 5.41) is 39.7. The minimum Gasteiger partial charge on any atom is -0.494 e. The van der Waals surface area contributed by atoms with Gasteiger partial charge in [-0.25, -0.2) is 14.0 Å². The molecule has 26 heteroatoms. The van der Waals surface area contributed by atoms with Crippen molar-refractivity contribution in [3.05, 3.63) is 33.9 Å². The number of halogens is 1. The number of carbonyl (C=O) groups excluding carboxylic acids is 4. The smallest absolute Gasteiger partial charge is 0.494 e. The van der Waals surface area contributed by atoms with Crippen molar-refractivity contribution in [3.8, 4) is 5.75 Å². The first kappa shape index (κ1) is 68.2. The van der Waals surface area contributed by atoms with Gasteiger partial charge in [-0.05, 0) is 108 Å². The molecule has 1 saturated carbocycles. The van der Waals surface area contributed by atoms with Crippen LogP contribution < -0.4 is 20.8 Å². The molecule has 25 nitrogen and oxygen atoms in total. The van der Waals surface area contributed by atoms with Gasteiger partial charge in [0.05, 0.1) is 67.2 Å². The first-order valence-corrected chi connectivity index (χ1v) is 29.9. The van der Waals surface area contributed by atoms with Crippen LogP contribution in [0.3, 0.4) is 0 Å². The quantitative estimate of drug-likeness (QED) is 0.0678. The maximum absolute atomic E-state index is 15.6. The van der Waals surface area contributed by atoms with Gasteiger partial charge in [0.1, 0.15) is 35.6 Å². The summed E-state index contributed by atoms with van der Waals surface area (Å²) in [4.78, 5) is 83.4. The molecule has 484 valence electrons. The third-order valence-corrected chi connectivity index (χ3v) is 17.9. The Bertz CT molecular complexity index is 2800. The molecule has 5 aliphatic rings. The number of cyclic esters (lactones) is 1. The van der Waals surface area contributed by atoms with Crippen LogP contribution in [0.1, 0.15) is 131 Å². The number of carboxylic acid groups (broad SMARTS) is 1. The lowest BCUT2D eigenvalue weighted by Gasteiger charge is -2.49. The van der Waals surface area contributed by atoms with E-state index in [-0.39, 0.29) is 91.9 Å². The number of esters is 2. The summed E-state index contributed by atoms with van der Waals surface area (Å²) in [6, 6.07) is 0.321. The van der Waals surface area contributed by atoms with Crippen LogP contribution in [0, 0.1) is 23.6 Å². The Morgan fingerprint density at radius 3 is 2.28 bits per heavy atom. The molecule has 18 atom stereocenters. The molecule has 0 unspecified atom stereocenters. The second-order valence-electron chi connectivity index (χ2n) is 25.1. The van der Waals surface area contributed by atoms with E-state index in [1.165, 1.54) is 26.5 Å². The van der Waals surface area contributed by atoms with Gasteiger partial charge in [-0.3, -0.25) is 24.1 Å². The Balaban J connectivity index is 1.02. The highest BCUT2D eigenvalue weighted by atomic mass is 19.1. The van der Waals surface area contributed by atoms with Crippen molar-refractivity contribution in [2.45, 2.75) is 211 Å². The zero-order valence-electron chi connectivity index (χ0n) is 52.4. The van der Waals surface area contributed by atoms with Crippen molar-refractivity contribution in [2.24, 2.45) is 17.8 Å². The van der Waals surface area contributed by atoms with Crippen molar-refractivity contribution in [1.29, 1.82) is 0 Å². The fraction of sp³-hybridized carbons (Fsp3) is 0.767. The van der Waals surface area contributed by atoms with Gasteiger partial charge in [-0.1, -0.05) is 20.8 Å². The standard InChI is InChI=1S/C60H92FN5O20/c1-16-41-60(10)52(85-57(74)86-60)34(6)65(13)28-30(2)25-58(8,75)51(84-56-48(70)40(64(11)12)23-31(3)79-56)32(4)49(33(5)55(73)81-41)83-44-26-59(9,77-15)53(35(7)80-44)82-43(68)27-63-42(67)19-21-78-22-20-62-46-38(61)24-39-45(50(46)76-14)47(69)37(54(71)72)29-66(39)36-17-18-36/h24,29-36,40-41,44,48-49,51-53,56,62,70,75H,16-23,25-28H2,1-15H3,(H,63,67)(H,71,72)/t30-,31-,32+,33-,34-,35+,40+,41-,44+,48-,49+,51+,52-,53+,56+,58-,59-,60-/m1/s1. The molecule has 4 aliphatic heterocycles. The second kappa shape index (κ2) is 28.0. The summed E-state index contributed by atoms with van der Waals surface area (Å²) in [6.45, 7) is 17.5. The number of aromatic carboxylic acids is 1. The average molecular weight is 1220 g/mol. The van der Waals surface area contributed by atoms with E-state index >= 15 is 4.39 Å². The molecule has 1 aromatic heterocycles. The van der Waals surface area contributed by atoms with E-state index < -0.39 is 143 Å². The van der Waals surface area contributed by atoms with Crippen LogP contribution in [0.25, 0.3) is 10.9 Å². The third kappa shape index (κ3) is 15.1. The number of anilines is 1.